The molecule has 1 atom stereocenters. The van der Waals surface area contributed by atoms with Gasteiger partial charge >= 0.3 is 0 Å². The minimum absolute atomic E-state index is 0.0372. The first-order valence-corrected chi connectivity index (χ1v) is 10.8. The Morgan fingerprint density at radius 1 is 1.18 bits per heavy atom. The highest BCUT2D eigenvalue weighted by molar-refractivity contribution is 6.46. The van der Waals surface area contributed by atoms with Crippen molar-refractivity contribution in [3.8, 4) is 11.5 Å². The average Bonchev–Trinajstić information content (AvgIpc) is 3.07. The molecule has 0 bridgehead atoms. The fraction of sp³-hybridized carbons (Fsp3) is 0.308. The van der Waals surface area contributed by atoms with Gasteiger partial charge in [-0.25, -0.2) is 0 Å². The number of methoxy groups -OCH3 is 1. The summed E-state index contributed by atoms with van der Waals surface area (Å²) in [4.78, 5) is 29.8. The maximum Gasteiger partial charge on any atom is 0.295 e. The Bertz CT molecular complexity index is 1060. The number of benzene rings is 2. The molecule has 33 heavy (non-hydrogen) atoms. The molecule has 0 aliphatic carbocycles. The molecule has 0 saturated carbocycles. The van der Waals surface area contributed by atoms with Crippen LogP contribution in [0.3, 0.4) is 0 Å². The Morgan fingerprint density at radius 2 is 1.94 bits per heavy atom. The zero-order valence-corrected chi connectivity index (χ0v) is 19.3. The number of ether oxygens (including phenoxy) is 2. The molecule has 7 heteroatoms. The van der Waals surface area contributed by atoms with Gasteiger partial charge in [-0.2, -0.15) is 0 Å². The van der Waals surface area contributed by atoms with Gasteiger partial charge in [0.25, 0.3) is 11.7 Å². The van der Waals surface area contributed by atoms with Crippen molar-refractivity contribution in [3.05, 3.63) is 77.9 Å². The van der Waals surface area contributed by atoms with Crippen LogP contribution in [0.15, 0.2) is 66.8 Å². The SMILES string of the molecule is C=CCOc1cccc(C2/C(=C(\O)c3ccccc3OC)C(=O)C(=O)N2CCCN(C)C)c1. The smallest absolute Gasteiger partial charge is 0.295 e. The summed E-state index contributed by atoms with van der Waals surface area (Å²) in [5, 5.41) is 11.2. The molecular weight excluding hydrogens is 420 g/mol. The van der Waals surface area contributed by atoms with Crippen LogP contribution in [-0.4, -0.2) is 67.5 Å². The Kier molecular flexibility index (Phi) is 7.90. The van der Waals surface area contributed by atoms with Crippen molar-refractivity contribution in [3.63, 3.8) is 0 Å². The predicted molar refractivity (Wildman–Crippen MR) is 127 cm³/mol. The maximum absolute atomic E-state index is 13.2. The minimum atomic E-state index is -0.746. The first kappa shape index (κ1) is 24.1. The van der Waals surface area contributed by atoms with Crippen LogP contribution in [-0.2, 0) is 9.59 Å². The normalized spacial score (nSPS) is 17.5. The van der Waals surface area contributed by atoms with Gasteiger partial charge in [0, 0.05) is 6.54 Å². The van der Waals surface area contributed by atoms with Gasteiger partial charge in [-0.05, 0) is 56.9 Å². The fourth-order valence-corrected chi connectivity index (χ4v) is 3.93. The summed E-state index contributed by atoms with van der Waals surface area (Å²) < 4.78 is 11.0. The molecule has 3 rings (SSSR count). The number of ketones is 1. The number of amides is 1. The zero-order chi connectivity index (χ0) is 24.0. The second-order valence-corrected chi connectivity index (χ2v) is 8.02. The van der Waals surface area contributed by atoms with E-state index in [1.165, 1.54) is 12.0 Å². The lowest BCUT2D eigenvalue weighted by atomic mass is 9.94. The zero-order valence-electron chi connectivity index (χ0n) is 19.3. The predicted octanol–water partition coefficient (Wildman–Crippen LogP) is 3.63. The number of aliphatic hydroxyl groups is 1. The lowest BCUT2D eigenvalue weighted by Gasteiger charge is -2.26. The maximum atomic E-state index is 13.2. The van der Waals surface area contributed by atoms with Gasteiger partial charge < -0.3 is 24.4 Å². The van der Waals surface area contributed by atoms with Gasteiger partial charge in [0.05, 0.1) is 24.3 Å². The van der Waals surface area contributed by atoms with E-state index < -0.39 is 17.7 Å². The molecule has 2 aromatic rings. The van der Waals surface area contributed by atoms with E-state index in [1.807, 2.05) is 25.1 Å². The van der Waals surface area contributed by atoms with E-state index in [-0.39, 0.29) is 11.3 Å². The molecular formula is C26H30N2O5. The minimum Gasteiger partial charge on any atom is -0.507 e. The number of para-hydroxylation sites is 1. The van der Waals surface area contributed by atoms with Crippen LogP contribution in [0.1, 0.15) is 23.6 Å². The van der Waals surface area contributed by atoms with Crippen LogP contribution in [0.5, 0.6) is 11.5 Å². The quantitative estimate of drug-likeness (QED) is 0.258. The van der Waals surface area contributed by atoms with Crippen LogP contribution >= 0.6 is 0 Å². The van der Waals surface area contributed by atoms with Crippen LogP contribution < -0.4 is 9.47 Å². The molecule has 2 aromatic carbocycles. The number of carbonyl (C=O) groups is 2. The van der Waals surface area contributed by atoms with Gasteiger partial charge in [0.2, 0.25) is 0 Å². The highest BCUT2D eigenvalue weighted by Gasteiger charge is 2.46. The van der Waals surface area contributed by atoms with Gasteiger partial charge in [0.1, 0.15) is 23.9 Å². The van der Waals surface area contributed by atoms with E-state index in [0.29, 0.717) is 42.2 Å². The molecule has 0 radical (unpaired) electrons. The molecule has 1 fully saturated rings. The number of rotatable bonds is 10. The highest BCUT2D eigenvalue weighted by Crippen LogP contribution is 2.41. The van der Waals surface area contributed by atoms with Gasteiger partial charge in [-0.15, -0.1) is 0 Å². The molecule has 1 amide bonds. The third-order valence-electron chi connectivity index (χ3n) is 5.45. The number of Topliss-reactive ketones (excluding diaryl/α,β-unsaturated/α-hetero) is 1. The Labute approximate surface area is 194 Å². The first-order chi connectivity index (χ1) is 15.9. The highest BCUT2D eigenvalue weighted by atomic mass is 16.5. The number of hydrogen-bond donors (Lipinski definition) is 1. The monoisotopic (exact) mass is 450 g/mol. The van der Waals surface area contributed by atoms with Crippen LogP contribution in [0.4, 0.5) is 0 Å². The molecule has 1 aliphatic heterocycles. The number of hydrogen-bond acceptors (Lipinski definition) is 6. The number of aliphatic hydroxyl groups excluding tert-OH is 1. The summed E-state index contributed by atoms with van der Waals surface area (Å²) in [7, 11) is 5.39. The van der Waals surface area contributed by atoms with Crippen molar-refractivity contribution in [2.45, 2.75) is 12.5 Å². The second-order valence-electron chi connectivity index (χ2n) is 8.02. The Morgan fingerprint density at radius 3 is 2.64 bits per heavy atom. The van der Waals surface area contributed by atoms with E-state index in [4.69, 9.17) is 9.47 Å². The summed E-state index contributed by atoms with van der Waals surface area (Å²) in [5.41, 5.74) is 1.07. The molecule has 0 spiro atoms. The summed E-state index contributed by atoms with van der Waals surface area (Å²) in [6.07, 6.45) is 2.32. The molecule has 1 saturated heterocycles. The average molecular weight is 451 g/mol. The van der Waals surface area contributed by atoms with Crippen molar-refractivity contribution < 1.29 is 24.2 Å². The van der Waals surface area contributed by atoms with Gasteiger partial charge in [-0.1, -0.05) is 36.9 Å². The molecule has 7 nitrogen and oxygen atoms in total. The van der Waals surface area contributed by atoms with E-state index in [9.17, 15) is 14.7 Å². The topological polar surface area (TPSA) is 79.3 Å². The summed E-state index contributed by atoms with van der Waals surface area (Å²) >= 11 is 0. The lowest BCUT2D eigenvalue weighted by Crippen LogP contribution is -2.32. The molecule has 1 aliphatic rings. The van der Waals surface area contributed by atoms with Gasteiger partial charge in [0.15, 0.2) is 0 Å². The van der Waals surface area contributed by atoms with E-state index in [0.717, 1.165) is 6.54 Å². The van der Waals surface area contributed by atoms with E-state index in [2.05, 4.69) is 6.58 Å². The third-order valence-corrected chi connectivity index (χ3v) is 5.45. The van der Waals surface area contributed by atoms with Crippen molar-refractivity contribution >= 4 is 17.4 Å². The number of likely N-dealkylation sites (tertiary alicyclic amines) is 1. The summed E-state index contributed by atoms with van der Waals surface area (Å²) in [6.45, 7) is 5.11. The Balaban J connectivity index is 2.13. The lowest BCUT2D eigenvalue weighted by molar-refractivity contribution is -0.139. The summed E-state index contributed by atoms with van der Waals surface area (Å²) in [6, 6.07) is 13.3. The summed E-state index contributed by atoms with van der Waals surface area (Å²) in [5.74, 6) is -0.610. The van der Waals surface area contributed by atoms with Crippen molar-refractivity contribution in [2.75, 3.05) is 40.9 Å². The molecule has 0 aromatic heterocycles. The van der Waals surface area contributed by atoms with Crippen LogP contribution in [0, 0.1) is 0 Å². The molecule has 1 unspecified atom stereocenters. The van der Waals surface area contributed by atoms with Crippen LogP contribution in [0.2, 0.25) is 0 Å². The first-order valence-electron chi connectivity index (χ1n) is 10.8. The van der Waals surface area contributed by atoms with Crippen molar-refractivity contribution in [2.24, 2.45) is 0 Å². The van der Waals surface area contributed by atoms with Crippen LogP contribution in [0.25, 0.3) is 5.76 Å². The van der Waals surface area contributed by atoms with Crippen molar-refractivity contribution in [1.29, 1.82) is 0 Å². The third kappa shape index (κ3) is 5.26. The second kappa shape index (κ2) is 10.8. The van der Waals surface area contributed by atoms with E-state index >= 15 is 0 Å². The van der Waals surface area contributed by atoms with E-state index in [1.54, 1.807) is 48.5 Å². The van der Waals surface area contributed by atoms with Crippen molar-refractivity contribution in [1.82, 2.24) is 9.80 Å². The number of nitrogens with zero attached hydrogens (tertiary/aromatic N) is 2. The largest absolute Gasteiger partial charge is 0.507 e. The number of carbonyl (C=O) groups excluding carboxylic acids is 2. The van der Waals surface area contributed by atoms with Gasteiger partial charge in [-0.3, -0.25) is 9.59 Å². The Hall–Kier alpha value is -3.58. The fourth-order valence-electron chi connectivity index (χ4n) is 3.93. The molecule has 1 N–H and O–H groups in total. The molecule has 174 valence electrons. The standard InChI is InChI=1S/C26H30N2O5/c1-5-16-33-19-11-8-10-18(17-19)23-22(24(29)20-12-6-7-13-21(20)32-4)25(30)26(31)28(23)15-9-14-27(2)3/h5-8,10-13,17,23,29H,1,9,14-16H2,2-4H3/b24-22+. The molecule has 1 heterocycles.